The third-order valence-electron chi connectivity index (χ3n) is 3.37. The summed E-state index contributed by atoms with van der Waals surface area (Å²) in [6, 6.07) is 1.30. The molecule has 1 aliphatic rings. The van der Waals surface area contributed by atoms with Gasteiger partial charge < -0.3 is 4.90 Å². The molecule has 2 heteroatoms. The lowest BCUT2D eigenvalue weighted by Gasteiger charge is -2.34. The summed E-state index contributed by atoms with van der Waals surface area (Å²) in [6.07, 6.45) is 4.93. The fourth-order valence-electron chi connectivity index (χ4n) is 1.98. The molecule has 0 spiro atoms. The summed E-state index contributed by atoms with van der Waals surface area (Å²) in [5.74, 6) is 0.453. The van der Waals surface area contributed by atoms with Crippen LogP contribution in [0.25, 0.3) is 0 Å². The Balaban J connectivity index is 2.39. The molecule has 0 radical (unpaired) electrons. The first-order valence-corrected chi connectivity index (χ1v) is 5.38. The Morgan fingerprint density at radius 1 is 1.46 bits per heavy atom. The molecule has 1 rings (SSSR count). The highest BCUT2D eigenvalue weighted by Crippen LogP contribution is 2.21. The van der Waals surface area contributed by atoms with Gasteiger partial charge in [0, 0.05) is 24.9 Å². The lowest BCUT2D eigenvalue weighted by molar-refractivity contribution is -0.121. The number of carbonyl (C=O) groups excluding carboxylic acids is 1. The van der Waals surface area contributed by atoms with E-state index in [0.717, 1.165) is 25.7 Å². The van der Waals surface area contributed by atoms with Gasteiger partial charge >= 0.3 is 0 Å². The van der Waals surface area contributed by atoms with Gasteiger partial charge in [-0.3, -0.25) is 4.79 Å². The Morgan fingerprint density at radius 3 is 2.46 bits per heavy atom. The summed E-state index contributed by atoms with van der Waals surface area (Å²) >= 11 is 0. The molecular formula is C11H21NO. The number of nitrogens with zero attached hydrogens (tertiary/aromatic N) is 1. The minimum absolute atomic E-state index is 0.453. The van der Waals surface area contributed by atoms with Crippen molar-refractivity contribution in [2.24, 2.45) is 0 Å². The van der Waals surface area contributed by atoms with E-state index in [1.165, 1.54) is 6.42 Å². The van der Waals surface area contributed by atoms with Crippen molar-refractivity contribution in [2.45, 2.75) is 58.0 Å². The Labute approximate surface area is 81.3 Å². The summed E-state index contributed by atoms with van der Waals surface area (Å²) in [4.78, 5) is 13.5. The van der Waals surface area contributed by atoms with E-state index in [0.29, 0.717) is 17.9 Å². The van der Waals surface area contributed by atoms with E-state index in [2.05, 4.69) is 25.8 Å². The van der Waals surface area contributed by atoms with E-state index < -0.39 is 0 Å². The second-order valence-electron chi connectivity index (χ2n) is 4.19. The zero-order valence-electron chi connectivity index (χ0n) is 9.05. The molecule has 0 N–H and O–H groups in total. The monoisotopic (exact) mass is 183 g/mol. The van der Waals surface area contributed by atoms with Crippen molar-refractivity contribution in [1.82, 2.24) is 4.90 Å². The van der Waals surface area contributed by atoms with Crippen LogP contribution in [0.3, 0.4) is 0 Å². The minimum atomic E-state index is 0.453. The fraction of sp³-hybridized carbons (Fsp3) is 0.909. The van der Waals surface area contributed by atoms with Crippen LogP contribution in [-0.2, 0) is 4.79 Å². The zero-order chi connectivity index (χ0) is 9.84. The van der Waals surface area contributed by atoms with Crippen molar-refractivity contribution in [3.8, 4) is 0 Å². The molecule has 0 aromatic rings. The SMILES string of the molecule is CCC(C)N(C)C1CCC(=O)CC1. The quantitative estimate of drug-likeness (QED) is 0.668. The predicted octanol–water partition coefficient (Wildman–Crippen LogP) is 2.23. The first-order valence-electron chi connectivity index (χ1n) is 5.38. The first kappa shape index (κ1) is 10.7. The van der Waals surface area contributed by atoms with Crippen molar-refractivity contribution in [3.05, 3.63) is 0 Å². The highest BCUT2D eigenvalue weighted by Gasteiger charge is 2.23. The molecule has 13 heavy (non-hydrogen) atoms. The molecule has 0 aliphatic heterocycles. The van der Waals surface area contributed by atoms with Crippen LogP contribution in [0.2, 0.25) is 0 Å². The van der Waals surface area contributed by atoms with Crippen LogP contribution in [0, 0.1) is 0 Å². The maximum absolute atomic E-state index is 11.1. The smallest absolute Gasteiger partial charge is 0.133 e. The Morgan fingerprint density at radius 2 is 2.00 bits per heavy atom. The van der Waals surface area contributed by atoms with Crippen molar-refractivity contribution < 1.29 is 4.79 Å². The topological polar surface area (TPSA) is 20.3 Å². The maximum atomic E-state index is 11.1. The third-order valence-corrected chi connectivity index (χ3v) is 3.37. The molecule has 76 valence electrons. The van der Waals surface area contributed by atoms with Gasteiger partial charge in [-0.15, -0.1) is 0 Å². The van der Waals surface area contributed by atoms with Gasteiger partial charge in [-0.05, 0) is 33.2 Å². The summed E-state index contributed by atoms with van der Waals surface area (Å²) in [7, 11) is 2.19. The number of rotatable bonds is 3. The molecule has 0 amide bonds. The molecule has 1 aliphatic carbocycles. The molecule has 0 heterocycles. The van der Waals surface area contributed by atoms with Crippen LogP contribution < -0.4 is 0 Å². The number of hydrogen-bond acceptors (Lipinski definition) is 2. The normalized spacial score (nSPS) is 22.3. The average molecular weight is 183 g/mol. The molecular weight excluding hydrogens is 162 g/mol. The average Bonchev–Trinajstić information content (AvgIpc) is 2.17. The second-order valence-corrected chi connectivity index (χ2v) is 4.19. The summed E-state index contributed by atoms with van der Waals surface area (Å²) in [5.41, 5.74) is 0. The van der Waals surface area contributed by atoms with Crippen molar-refractivity contribution >= 4 is 5.78 Å². The van der Waals surface area contributed by atoms with Crippen molar-refractivity contribution in [1.29, 1.82) is 0 Å². The van der Waals surface area contributed by atoms with Crippen molar-refractivity contribution in [3.63, 3.8) is 0 Å². The van der Waals surface area contributed by atoms with E-state index >= 15 is 0 Å². The van der Waals surface area contributed by atoms with E-state index in [1.54, 1.807) is 0 Å². The molecule has 0 saturated heterocycles. The molecule has 1 atom stereocenters. The van der Waals surface area contributed by atoms with Gasteiger partial charge in [0.15, 0.2) is 0 Å². The molecule has 0 bridgehead atoms. The van der Waals surface area contributed by atoms with E-state index in [9.17, 15) is 4.79 Å². The van der Waals surface area contributed by atoms with Gasteiger partial charge in [0.1, 0.15) is 5.78 Å². The zero-order valence-corrected chi connectivity index (χ0v) is 9.05. The number of carbonyl (C=O) groups is 1. The lowest BCUT2D eigenvalue weighted by Crippen LogP contribution is -2.40. The largest absolute Gasteiger partial charge is 0.301 e. The van der Waals surface area contributed by atoms with Crippen LogP contribution in [0.15, 0.2) is 0 Å². The van der Waals surface area contributed by atoms with Gasteiger partial charge in [0.25, 0.3) is 0 Å². The first-order chi connectivity index (χ1) is 6.15. The number of hydrogen-bond donors (Lipinski definition) is 0. The molecule has 1 unspecified atom stereocenters. The van der Waals surface area contributed by atoms with E-state index in [4.69, 9.17) is 0 Å². The fourth-order valence-corrected chi connectivity index (χ4v) is 1.98. The van der Waals surface area contributed by atoms with Crippen LogP contribution in [0.5, 0.6) is 0 Å². The summed E-state index contributed by atoms with van der Waals surface area (Å²) < 4.78 is 0. The highest BCUT2D eigenvalue weighted by atomic mass is 16.1. The standard InChI is InChI=1S/C11H21NO/c1-4-9(2)12(3)10-5-7-11(13)8-6-10/h9-10H,4-8H2,1-3H3. The van der Waals surface area contributed by atoms with Gasteiger partial charge in [-0.1, -0.05) is 6.92 Å². The minimum Gasteiger partial charge on any atom is -0.301 e. The molecule has 0 aromatic carbocycles. The highest BCUT2D eigenvalue weighted by molar-refractivity contribution is 5.79. The van der Waals surface area contributed by atoms with E-state index in [1.807, 2.05) is 0 Å². The Kier molecular flexibility index (Phi) is 3.91. The molecule has 1 fully saturated rings. The van der Waals surface area contributed by atoms with Crippen LogP contribution in [-0.4, -0.2) is 29.8 Å². The third kappa shape index (κ3) is 2.80. The molecule has 2 nitrogen and oxygen atoms in total. The lowest BCUT2D eigenvalue weighted by atomic mass is 9.92. The Bertz CT molecular complexity index is 169. The maximum Gasteiger partial charge on any atom is 0.133 e. The van der Waals surface area contributed by atoms with Crippen molar-refractivity contribution in [2.75, 3.05) is 7.05 Å². The van der Waals surface area contributed by atoms with Gasteiger partial charge in [0.05, 0.1) is 0 Å². The van der Waals surface area contributed by atoms with E-state index in [-0.39, 0.29) is 0 Å². The summed E-state index contributed by atoms with van der Waals surface area (Å²) in [6.45, 7) is 4.48. The molecule has 0 aromatic heterocycles. The van der Waals surface area contributed by atoms with Crippen LogP contribution >= 0.6 is 0 Å². The number of Topliss-reactive ketones (excluding diaryl/α,β-unsaturated/α-hetero) is 1. The number of ketones is 1. The predicted molar refractivity (Wildman–Crippen MR) is 54.8 cm³/mol. The summed E-state index contributed by atoms with van der Waals surface area (Å²) in [5, 5.41) is 0. The molecule has 1 saturated carbocycles. The van der Waals surface area contributed by atoms with Crippen LogP contribution in [0.1, 0.15) is 46.0 Å². The van der Waals surface area contributed by atoms with Gasteiger partial charge in [-0.2, -0.15) is 0 Å². The second kappa shape index (κ2) is 4.75. The van der Waals surface area contributed by atoms with Crippen LogP contribution in [0.4, 0.5) is 0 Å². The van der Waals surface area contributed by atoms with Gasteiger partial charge in [0.2, 0.25) is 0 Å². The van der Waals surface area contributed by atoms with Gasteiger partial charge in [-0.25, -0.2) is 0 Å². The Hall–Kier alpha value is -0.370.